The molecule has 0 fully saturated rings. The van der Waals surface area contributed by atoms with Gasteiger partial charge in [-0.25, -0.2) is 4.79 Å². The van der Waals surface area contributed by atoms with E-state index in [9.17, 15) is 9.59 Å². The number of amides is 1. The summed E-state index contributed by atoms with van der Waals surface area (Å²) in [6.45, 7) is 4.43. The van der Waals surface area contributed by atoms with Gasteiger partial charge in [0.25, 0.3) is 5.91 Å². The highest BCUT2D eigenvalue weighted by atomic mass is 16.4. The second-order valence-electron chi connectivity index (χ2n) is 4.65. The molecular weight excluding hydrogens is 242 g/mol. The van der Waals surface area contributed by atoms with E-state index in [4.69, 9.17) is 5.11 Å². The Bertz CT molecular complexity index is 561. The molecule has 0 aromatic heterocycles. The number of fused-ring (bicyclic) bond motifs is 1. The zero-order valence-electron chi connectivity index (χ0n) is 11.1. The Balaban J connectivity index is 2.30. The molecule has 0 saturated heterocycles. The summed E-state index contributed by atoms with van der Waals surface area (Å²) in [6.07, 6.45) is 3.45. The number of benzene rings is 1. The first-order valence-electron chi connectivity index (χ1n) is 6.39. The molecular formula is C15H17NO3. The Morgan fingerprint density at radius 3 is 2.79 bits per heavy atom. The maximum absolute atomic E-state index is 12.3. The van der Waals surface area contributed by atoms with E-state index in [1.54, 1.807) is 23.1 Å². The monoisotopic (exact) mass is 259 g/mol. The average molecular weight is 259 g/mol. The van der Waals surface area contributed by atoms with Crippen molar-refractivity contribution in [1.29, 1.82) is 0 Å². The number of nitrogens with zero attached hydrogens (tertiary/aromatic N) is 1. The van der Waals surface area contributed by atoms with Crippen LogP contribution >= 0.6 is 0 Å². The summed E-state index contributed by atoms with van der Waals surface area (Å²) >= 11 is 0. The minimum absolute atomic E-state index is 0.00340. The molecule has 1 aliphatic heterocycles. The molecule has 1 N–H and O–H groups in total. The van der Waals surface area contributed by atoms with Crippen molar-refractivity contribution in [3.8, 4) is 0 Å². The molecule has 0 radical (unpaired) electrons. The van der Waals surface area contributed by atoms with Crippen LogP contribution in [0.4, 0.5) is 5.69 Å². The number of rotatable bonds is 3. The second-order valence-corrected chi connectivity index (χ2v) is 4.65. The predicted octanol–water partition coefficient (Wildman–Crippen LogP) is 2.63. The predicted molar refractivity (Wildman–Crippen MR) is 73.5 cm³/mol. The quantitative estimate of drug-likeness (QED) is 0.849. The smallest absolute Gasteiger partial charge is 0.335 e. The van der Waals surface area contributed by atoms with Crippen LogP contribution < -0.4 is 4.90 Å². The average Bonchev–Trinajstić information content (AvgIpc) is 2.80. The molecule has 4 nitrogen and oxygen atoms in total. The number of anilines is 1. The summed E-state index contributed by atoms with van der Waals surface area (Å²) in [7, 11) is 0. The fourth-order valence-electron chi connectivity index (χ4n) is 2.35. The third kappa shape index (κ3) is 2.52. The Labute approximate surface area is 112 Å². The van der Waals surface area contributed by atoms with Crippen molar-refractivity contribution in [3.05, 3.63) is 41.0 Å². The van der Waals surface area contributed by atoms with E-state index in [0.717, 1.165) is 23.2 Å². The summed E-state index contributed by atoms with van der Waals surface area (Å²) in [5.74, 6) is -0.932. The van der Waals surface area contributed by atoms with Gasteiger partial charge in [0.15, 0.2) is 0 Å². The van der Waals surface area contributed by atoms with Gasteiger partial charge < -0.3 is 10.0 Å². The van der Waals surface area contributed by atoms with Gasteiger partial charge in [0.05, 0.1) is 5.56 Å². The van der Waals surface area contributed by atoms with Gasteiger partial charge in [0.1, 0.15) is 0 Å². The minimum atomic E-state index is -0.936. The molecule has 0 spiro atoms. The summed E-state index contributed by atoms with van der Waals surface area (Å²) in [5.41, 5.74) is 2.77. The van der Waals surface area contributed by atoms with E-state index < -0.39 is 5.97 Å². The molecule has 0 aliphatic carbocycles. The molecule has 1 amide bonds. The molecule has 100 valence electrons. The molecule has 4 heteroatoms. The van der Waals surface area contributed by atoms with Gasteiger partial charge in [0.2, 0.25) is 0 Å². The highest BCUT2D eigenvalue weighted by molar-refractivity contribution is 6.06. The number of hydrogen-bond donors (Lipinski definition) is 1. The molecule has 0 atom stereocenters. The van der Waals surface area contributed by atoms with Gasteiger partial charge in [0, 0.05) is 17.8 Å². The first kappa shape index (κ1) is 13.3. The van der Waals surface area contributed by atoms with Crippen LogP contribution in [0.2, 0.25) is 0 Å². The Morgan fingerprint density at radius 1 is 1.42 bits per heavy atom. The highest BCUT2D eigenvalue weighted by Gasteiger charge is 2.25. The SMILES string of the molecule is CC/C=C(\C)C(=O)N1CCc2cc(C(=O)O)ccc21. The van der Waals surface area contributed by atoms with Crippen molar-refractivity contribution >= 4 is 17.6 Å². The lowest BCUT2D eigenvalue weighted by molar-refractivity contribution is -0.115. The number of hydrogen-bond acceptors (Lipinski definition) is 2. The van der Waals surface area contributed by atoms with Gasteiger partial charge in [-0.3, -0.25) is 4.79 Å². The number of allylic oxidation sites excluding steroid dienone is 1. The maximum atomic E-state index is 12.3. The van der Waals surface area contributed by atoms with Crippen molar-refractivity contribution < 1.29 is 14.7 Å². The lowest BCUT2D eigenvalue weighted by Gasteiger charge is -2.17. The van der Waals surface area contributed by atoms with Crippen molar-refractivity contribution in [2.45, 2.75) is 26.7 Å². The van der Waals surface area contributed by atoms with Gasteiger partial charge in [-0.15, -0.1) is 0 Å². The summed E-state index contributed by atoms with van der Waals surface area (Å²) < 4.78 is 0. The first-order valence-corrected chi connectivity index (χ1v) is 6.39. The lowest BCUT2D eigenvalue weighted by Crippen LogP contribution is -2.29. The van der Waals surface area contributed by atoms with Crippen LogP contribution in [0.5, 0.6) is 0 Å². The zero-order valence-corrected chi connectivity index (χ0v) is 11.1. The van der Waals surface area contributed by atoms with Gasteiger partial charge in [-0.1, -0.05) is 13.0 Å². The van der Waals surface area contributed by atoms with Crippen LogP contribution in [0.15, 0.2) is 29.8 Å². The van der Waals surface area contributed by atoms with Crippen molar-refractivity contribution in [3.63, 3.8) is 0 Å². The zero-order chi connectivity index (χ0) is 14.0. The summed E-state index contributed by atoms with van der Waals surface area (Å²) in [4.78, 5) is 24.9. The molecule has 0 bridgehead atoms. The van der Waals surface area contributed by atoms with E-state index in [2.05, 4.69) is 0 Å². The number of carbonyl (C=O) groups excluding carboxylic acids is 1. The van der Waals surface area contributed by atoms with Gasteiger partial charge in [-0.2, -0.15) is 0 Å². The molecule has 1 heterocycles. The minimum Gasteiger partial charge on any atom is -0.478 e. The van der Waals surface area contributed by atoms with Crippen molar-refractivity contribution in [1.82, 2.24) is 0 Å². The number of carbonyl (C=O) groups is 2. The van der Waals surface area contributed by atoms with E-state index in [1.165, 1.54) is 0 Å². The number of carboxylic acids is 1. The van der Waals surface area contributed by atoms with Crippen molar-refractivity contribution in [2.24, 2.45) is 0 Å². The standard InChI is InChI=1S/C15H17NO3/c1-3-4-10(2)14(17)16-8-7-11-9-12(15(18)19)5-6-13(11)16/h4-6,9H,3,7-8H2,1-2H3,(H,18,19)/b10-4+. The molecule has 1 aliphatic rings. The third-order valence-corrected chi connectivity index (χ3v) is 3.31. The fourth-order valence-corrected chi connectivity index (χ4v) is 2.35. The molecule has 1 aromatic rings. The van der Waals surface area contributed by atoms with Crippen LogP contribution in [-0.2, 0) is 11.2 Å². The molecule has 0 unspecified atom stereocenters. The molecule has 19 heavy (non-hydrogen) atoms. The largest absolute Gasteiger partial charge is 0.478 e. The summed E-state index contributed by atoms with van der Waals surface area (Å²) in [6, 6.07) is 4.93. The fraction of sp³-hybridized carbons (Fsp3) is 0.333. The topological polar surface area (TPSA) is 57.6 Å². The Kier molecular flexibility index (Phi) is 3.69. The second kappa shape index (κ2) is 5.26. The molecule has 2 rings (SSSR count). The van der Waals surface area contributed by atoms with Gasteiger partial charge >= 0.3 is 5.97 Å². The summed E-state index contributed by atoms with van der Waals surface area (Å²) in [5, 5.41) is 8.96. The molecule has 0 saturated carbocycles. The van der Waals surface area contributed by atoms with E-state index in [1.807, 2.05) is 19.9 Å². The molecule has 1 aromatic carbocycles. The highest BCUT2D eigenvalue weighted by Crippen LogP contribution is 2.30. The van der Waals surface area contributed by atoms with Crippen LogP contribution in [0, 0.1) is 0 Å². The van der Waals surface area contributed by atoms with Crippen LogP contribution in [0.3, 0.4) is 0 Å². The number of aromatic carboxylic acids is 1. The van der Waals surface area contributed by atoms with Crippen LogP contribution in [-0.4, -0.2) is 23.5 Å². The lowest BCUT2D eigenvalue weighted by atomic mass is 10.1. The third-order valence-electron chi connectivity index (χ3n) is 3.31. The van der Waals surface area contributed by atoms with E-state index in [-0.39, 0.29) is 11.5 Å². The van der Waals surface area contributed by atoms with E-state index >= 15 is 0 Å². The first-order chi connectivity index (χ1) is 9.04. The maximum Gasteiger partial charge on any atom is 0.335 e. The Morgan fingerprint density at radius 2 is 2.16 bits per heavy atom. The number of carboxylic acid groups (broad SMARTS) is 1. The normalized spacial score (nSPS) is 14.4. The van der Waals surface area contributed by atoms with Crippen LogP contribution in [0.25, 0.3) is 0 Å². The van der Waals surface area contributed by atoms with Crippen LogP contribution in [0.1, 0.15) is 36.2 Å². The van der Waals surface area contributed by atoms with Crippen molar-refractivity contribution in [2.75, 3.05) is 11.4 Å². The van der Waals surface area contributed by atoms with Gasteiger partial charge in [-0.05, 0) is 43.5 Å². The Hall–Kier alpha value is -2.10. The van der Waals surface area contributed by atoms with E-state index in [0.29, 0.717) is 13.0 Å².